The van der Waals surface area contributed by atoms with E-state index in [0.717, 1.165) is 17.5 Å². The highest BCUT2D eigenvalue weighted by molar-refractivity contribution is 5.81. The van der Waals surface area contributed by atoms with E-state index in [9.17, 15) is 9.18 Å². The summed E-state index contributed by atoms with van der Waals surface area (Å²) in [6.45, 7) is 5.90. The fourth-order valence-electron chi connectivity index (χ4n) is 3.46. The molecule has 1 aromatic carbocycles. The first-order chi connectivity index (χ1) is 14.5. The van der Waals surface area contributed by atoms with Crippen LogP contribution in [0.1, 0.15) is 12.7 Å². The Hall–Kier alpha value is -3.49. The third-order valence-corrected chi connectivity index (χ3v) is 5.11. The van der Waals surface area contributed by atoms with E-state index >= 15 is 0 Å². The number of anilines is 1. The maximum atomic E-state index is 13.8. The zero-order valence-electron chi connectivity index (χ0n) is 16.9. The van der Waals surface area contributed by atoms with Crippen molar-refractivity contribution in [2.75, 3.05) is 31.1 Å². The van der Waals surface area contributed by atoms with Gasteiger partial charge in [-0.1, -0.05) is 12.1 Å². The zero-order chi connectivity index (χ0) is 21.1. The van der Waals surface area contributed by atoms with Gasteiger partial charge >= 0.3 is 0 Å². The molecular formula is C21H23FN6O2. The molecule has 1 amide bonds. The molecule has 1 fully saturated rings. The summed E-state index contributed by atoms with van der Waals surface area (Å²) in [5.41, 5.74) is 0. The molecular weight excluding hydrogens is 387 g/mol. The van der Waals surface area contributed by atoms with Gasteiger partial charge in [0.05, 0.1) is 0 Å². The van der Waals surface area contributed by atoms with E-state index in [1.54, 1.807) is 30.2 Å². The fourth-order valence-corrected chi connectivity index (χ4v) is 3.46. The standard InChI is InChI=1S/C21H23FN6O2/c1-15(30-18-6-4-3-5-17(18)22)21(29)27-11-9-26(10-12-27)19-13-20(25-14-24-19)28-8-7-23-16(28)2/h3-8,13-15H,9-12H2,1-2H3. The molecule has 2 aromatic heterocycles. The minimum atomic E-state index is -0.761. The summed E-state index contributed by atoms with van der Waals surface area (Å²) < 4.78 is 21.2. The minimum absolute atomic E-state index is 0.0836. The Morgan fingerprint density at radius 2 is 1.83 bits per heavy atom. The first-order valence-corrected chi connectivity index (χ1v) is 9.80. The van der Waals surface area contributed by atoms with E-state index in [1.807, 2.05) is 23.8 Å². The number of aromatic nitrogens is 4. The van der Waals surface area contributed by atoms with Crippen LogP contribution in [0.15, 0.2) is 49.1 Å². The van der Waals surface area contributed by atoms with Gasteiger partial charge in [-0.3, -0.25) is 9.36 Å². The summed E-state index contributed by atoms with van der Waals surface area (Å²) in [4.78, 5) is 29.5. The van der Waals surface area contributed by atoms with E-state index in [4.69, 9.17) is 4.74 Å². The smallest absolute Gasteiger partial charge is 0.263 e. The number of halogens is 1. The molecule has 1 atom stereocenters. The number of benzene rings is 1. The molecule has 1 unspecified atom stereocenters. The van der Waals surface area contributed by atoms with Gasteiger partial charge in [-0.05, 0) is 26.0 Å². The number of piperazine rings is 1. The lowest BCUT2D eigenvalue weighted by molar-refractivity contribution is -0.138. The van der Waals surface area contributed by atoms with Crippen LogP contribution >= 0.6 is 0 Å². The third kappa shape index (κ3) is 4.10. The Balaban J connectivity index is 1.37. The highest BCUT2D eigenvalue weighted by atomic mass is 19.1. The molecule has 9 heteroatoms. The highest BCUT2D eigenvalue weighted by Crippen LogP contribution is 2.20. The van der Waals surface area contributed by atoms with Gasteiger partial charge in [0.25, 0.3) is 5.91 Å². The summed E-state index contributed by atoms with van der Waals surface area (Å²) in [5, 5.41) is 0. The highest BCUT2D eigenvalue weighted by Gasteiger charge is 2.27. The third-order valence-electron chi connectivity index (χ3n) is 5.11. The van der Waals surface area contributed by atoms with Gasteiger partial charge in [0, 0.05) is 44.6 Å². The van der Waals surface area contributed by atoms with Crippen LogP contribution in [0.2, 0.25) is 0 Å². The zero-order valence-corrected chi connectivity index (χ0v) is 16.9. The normalized spacial score (nSPS) is 15.2. The van der Waals surface area contributed by atoms with Gasteiger partial charge in [-0.25, -0.2) is 19.3 Å². The number of ether oxygens (including phenoxy) is 1. The summed E-state index contributed by atoms with van der Waals surface area (Å²) in [7, 11) is 0. The van der Waals surface area contributed by atoms with Crippen LogP contribution < -0.4 is 9.64 Å². The van der Waals surface area contributed by atoms with Crippen molar-refractivity contribution < 1.29 is 13.9 Å². The molecule has 1 saturated heterocycles. The van der Waals surface area contributed by atoms with Crippen molar-refractivity contribution in [2.24, 2.45) is 0 Å². The quantitative estimate of drug-likeness (QED) is 0.642. The van der Waals surface area contributed by atoms with Crippen molar-refractivity contribution in [1.29, 1.82) is 0 Å². The molecule has 3 heterocycles. The first kappa shape index (κ1) is 19.8. The van der Waals surface area contributed by atoms with Gasteiger partial charge in [-0.2, -0.15) is 0 Å². The number of hydrogen-bond donors (Lipinski definition) is 0. The summed E-state index contributed by atoms with van der Waals surface area (Å²) in [5.74, 6) is 1.85. The molecule has 0 spiro atoms. The van der Waals surface area contributed by atoms with Gasteiger partial charge in [-0.15, -0.1) is 0 Å². The number of carbonyl (C=O) groups excluding carboxylic acids is 1. The average molecular weight is 410 g/mol. The second kappa shape index (κ2) is 8.48. The van der Waals surface area contributed by atoms with Gasteiger partial charge in [0.1, 0.15) is 23.8 Å². The van der Waals surface area contributed by atoms with E-state index in [-0.39, 0.29) is 11.7 Å². The number of carbonyl (C=O) groups is 1. The summed E-state index contributed by atoms with van der Waals surface area (Å²) >= 11 is 0. The average Bonchev–Trinajstić information content (AvgIpc) is 3.21. The van der Waals surface area contributed by atoms with Crippen LogP contribution in [0.3, 0.4) is 0 Å². The Morgan fingerprint density at radius 3 is 2.53 bits per heavy atom. The van der Waals surface area contributed by atoms with E-state index in [2.05, 4.69) is 19.9 Å². The molecule has 4 rings (SSSR count). The van der Waals surface area contributed by atoms with Gasteiger partial charge in [0.2, 0.25) is 0 Å². The fraction of sp³-hybridized carbons (Fsp3) is 0.333. The SMILES string of the molecule is Cc1nccn1-c1cc(N2CCN(C(=O)C(C)Oc3ccccc3F)CC2)ncn1. The predicted molar refractivity (Wildman–Crippen MR) is 109 cm³/mol. The number of imidazole rings is 1. The van der Waals surface area contributed by atoms with Crippen molar-refractivity contribution >= 4 is 11.7 Å². The monoisotopic (exact) mass is 410 g/mol. The number of amides is 1. The number of nitrogens with zero attached hydrogens (tertiary/aromatic N) is 6. The van der Waals surface area contributed by atoms with Gasteiger partial charge < -0.3 is 14.5 Å². The maximum Gasteiger partial charge on any atom is 0.263 e. The molecule has 156 valence electrons. The van der Waals surface area contributed by atoms with E-state index < -0.39 is 11.9 Å². The largest absolute Gasteiger partial charge is 0.478 e. The van der Waals surface area contributed by atoms with E-state index in [0.29, 0.717) is 26.2 Å². The topological polar surface area (TPSA) is 76.4 Å². The predicted octanol–water partition coefficient (Wildman–Crippen LogP) is 2.23. The molecule has 1 aliphatic rings. The molecule has 1 aliphatic heterocycles. The number of hydrogen-bond acceptors (Lipinski definition) is 6. The van der Waals surface area contributed by atoms with Crippen LogP contribution in [0.5, 0.6) is 5.75 Å². The number of rotatable bonds is 5. The second-order valence-corrected chi connectivity index (χ2v) is 7.08. The van der Waals surface area contributed by atoms with Crippen molar-refractivity contribution in [2.45, 2.75) is 20.0 Å². The molecule has 0 N–H and O–H groups in total. The Labute approximate surface area is 173 Å². The first-order valence-electron chi connectivity index (χ1n) is 9.80. The van der Waals surface area contributed by atoms with Crippen LogP contribution in [0, 0.1) is 12.7 Å². The lowest BCUT2D eigenvalue weighted by atomic mass is 10.2. The van der Waals surface area contributed by atoms with Crippen LogP contribution in [0.25, 0.3) is 5.82 Å². The summed E-state index contributed by atoms with van der Waals surface area (Å²) in [6, 6.07) is 8.00. The molecule has 0 bridgehead atoms. The Bertz CT molecular complexity index is 1030. The van der Waals surface area contributed by atoms with Crippen LogP contribution in [-0.2, 0) is 4.79 Å². The summed E-state index contributed by atoms with van der Waals surface area (Å²) in [6.07, 6.45) is 4.36. The minimum Gasteiger partial charge on any atom is -0.478 e. The van der Waals surface area contributed by atoms with E-state index in [1.165, 1.54) is 18.5 Å². The second-order valence-electron chi connectivity index (χ2n) is 7.08. The maximum absolute atomic E-state index is 13.8. The molecule has 30 heavy (non-hydrogen) atoms. The van der Waals surface area contributed by atoms with Crippen molar-refractivity contribution in [3.05, 3.63) is 60.7 Å². The number of aryl methyl sites for hydroxylation is 1. The van der Waals surface area contributed by atoms with Crippen molar-refractivity contribution in [1.82, 2.24) is 24.4 Å². The lowest BCUT2D eigenvalue weighted by Gasteiger charge is -2.36. The molecule has 0 aliphatic carbocycles. The molecule has 8 nitrogen and oxygen atoms in total. The lowest BCUT2D eigenvalue weighted by Crippen LogP contribution is -2.52. The van der Waals surface area contributed by atoms with Crippen LogP contribution in [0.4, 0.5) is 10.2 Å². The Morgan fingerprint density at radius 1 is 1.10 bits per heavy atom. The van der Waals surface area contributed by atoms with Crippen molar-refractivity contribution in [3.8, 4) is 11.6 Å². The molecule has 0 saturated carbocycles. The molecule has 3 aromatic rings. The molecule has 0 radical (unpaired) electrons. The van der Waals surface area contributed by atoms with Crippen molar-refractivity contribution in [3.63, 3.8) is 0 Å². The Kier molecular flexibility index (Phi) is 5.60. The van der Waals surface area contributed by atoms with Gasteiger partial charge in [0.15, 0.2) is 17.7 Å². The number of para-hydroxylation sites is 1. The van der Waals surface area contributed by atoms with Crippen LogP contribution in [-0.4, -0.2) is 62.6 Å².